The van der Waals surface area contributed by atoms with Gasteiger partial charge < -0.3 is 14.2 Å². The van der Waals surface area contributed by atoms with Gasteiger partial charge >= 0.3 is 0 Å². The van der Waals surface area contributed by atoms with E-state index in [9.17, 15) is 0 Å². The lowest BCUT2D eigenvalue weighted by Crippen LogP contribution is -2.22. The van der Waals surface area contributed by atoms with Crippen LogP contribution < -0.4 is 4.74 Å². The summed E-state index contributed by atoms with van der Waals surface area (Å²) in [4.78, 5) is 4.10. The van der Waals surface area contributed by atoms with E-state index in [1.54, 1.807) is 20.4 Å². The van der Waals surface area contributed by atoms with Crippen molar-refractivity contribution in [3.05, 3.63) is 24.0 Å². The number of aromatic nitrogens is 1. The molecule has 0 atom stereocenters. The van der Waals surface area contributed by atoms with Crippen molar-refractivity contribution < 1.29 is 14.2 Å². The molecule has 0 aromatic carbocycles. The molecule has 0 N–H and O–H groups in total. The average Bonchev–Trinajstić information content (AvgIpc) is 2.22. The van der Waals surface area contributed by atoms with Crippen LogP contribution in [0, 0.1) is 6.92 Å². The maximum absolute atomic E-state index is 5.39. The molecule has 0 amide bonds. The van der Waals surface area contributed by atoms with Crippen molar-refractivity contribution in [3.63, 3.8) is 0 Å². The van der Waals surface area contributed by atoms with Crippen LogP contribution in [0.15, 0.2) is 18.3 Å². The Labute approximate surface area is 83.8 Å². The molecule has 1 heterocycles. The highest BCUT2D eigenvalue weighted by atomic mass is 16.7. The first-order valence-corrected chi connectivity index (χ1v) is 4.37. The maximum Gasteiger partial charge on any atom is 0.191 e. The van der Waals surface area contributed by atoms with Gasteiger partial charge in [-0.1, -0.05) is 0 Å². The lowest BCUT2D eigenvalue weighted by molar-refractivity contribution is -0.122. The third kappa shape index (κ3) is 3.32. The van der Waals surface area contributed by atoms with Crippen molar-refractivity contribution in [2.24, 2.45) is 0 Å². The first kappa shape index (κ1) is 10.9. The number of ether oxygens (including phenoxy) is 3. The second kappa shape index (κ2) is 5.57. The number of hydrogen-bond donors (Lipinski definition) is 0. The summed E-state index contributed by atoms with van der Waals surface area (Å²) in [6.07, 6.45) is 1.34. The molecule has 0 radical (unpaired) electrons. The molecule has 1 aromatic rings. The van der Waals surface area contributed by atoms with Crippen LogP contribution in [0.3, 0.4) is 0 Å². The first-order valence-electron chi connectivity index (χ1n) is 4.37. The molecular weight excluding hydrogens is 182 g/mol. The molecule has 0 aliphatic rings. The minimum absolute atomic E-state index is 0.337. The molecule has 0 aliphatic carbocycles. The van der Waals surface area contributed by atoms with Gasteiger partial charge in [-0.2, -0.15) is 0 Å². The summed E-state index contributed by atoms with van der Waals surface area (Å²) in [6, 6.07) is 3.76. The predicted molar refractivity (Wildman–Crippen MR) is 52.3 cm³/mol. The monoisotopic (exact) mass is 197 g/mol. The predicted octanol–water partition coefficient (Wildman–Crippen LogP) is 1.39. The van der Waals surface area contributed by atoms with Crippen molar-refractivity contribution in [1.29, 1.82) is 0 Å². The van der Waals surface area contributed by atoms with E-state index in [0.717, 1.165) is 11.4 Å². The Morgan fingerprint density at radius 2 is 2.00 bits per heavy atom. The normalized spacial score (nSPS) is 10.6. The second-order valence-corrected chi connectivity index (χ2v) is 2.85. The highest BCUT2D eigenvalue weighted by Gasteiger charge is 2.05. The Kier molecular flexibility index (Phi) is 4.35. The van der Waals surface area contributed by atoms with E-state index in [1.165, 1.54) is 0 Å². The third-order valence-electron chi connectivity index (χ3n) is 1.80. The number of methoxy groups -OCH3 is 2. The molecule has 4 nitrogen and oxygen atoms in total. The van der Waals surface area contributed by atoms with Crippen molar-refractivity contribution in [1.82, 2.24) is 4.98 Å². The lowest BCUT2D eigenvalue weighted by atomic mass is 10.4. The molecule has 1 rings (SSSR count). The fourth-order valence-electron chi connectivity index (χ4n) is 0.936. The van der Waals surface area contributed by atoms with E-state index in [-0.39, 0.29) is 6.29 Å². The molecular formula is C10H15NO3. The highest BCUT2D eigenvalue weighted by molar-refractivity contribution is 5.18. The summed E-state index contributed by atoms with van der Waals surface area (Å²) in [6.45, 7) is 2.29. The van der Waals surface area contributed by atoms with Crippen molar-refractivity contribution in [2.75, 3.05) is 20.8 Å². The molecule has 0 saturated heterocycles. The van der Waals surface area contributed by atoms with Crippen LogP contribution in [-0.2, 0) is 9.47 Å². The van der Waals surface area contributed by atoms with E-state index in [4.69, 9.17) is 14.2 Å². The van der Waals surface area contributed by atoms with Gasteiger partial charge in [-0.15, -0.1) is 0 Å². The minimum atomic E-state index is -0.337. The van der Waals surface area contributed by atoms with Crippen molar-refractivity contribution in [2.45, 2.75) is 13.2 Å². The number of pyridine rings is 1. The summed E-state index contributed by atoms with van der Waals surface area (Å²) >= 11 is 0. The van der Waals surface area contributed by atoms with Crippen molar-refractivity contribution in [3.8, 4) is 5.75 Å². The first-order chi connectivity index (χ1) is 6.76. The average molecular weight is 197 g/mol. The summed E-state index contributed by atoms with van der Waals surface area (Å²) in [5.74, 6) is 0.717. The minimum Gasteiger partial charge on any atom is -0.487 e. The van der Waals surface area contributed by atoms with Crippen LogP contribution in [-0.4, -0.2) is 32.1 Å². The standard InChI is InChI=1S/C10H15NO3/c1-8-4-5-9(6-11-8)14-7-10(12-2)13-3/h4-6,10H,7H2,1-3H3. The van der Waals surface area contributed by atoms with Crippen LogP contribution in [0.25, 0.3) is 0 Å². The van der Waals surface area contributed by atoms with Gasteiger partial charge in [-0.25, -0.2) is 0 Å². The lowest BCUT2D eigenvalue weighted by Gasteiger charge is -2.13. The summed E-state index contributed by atoms with van der Waals surface area (Å²) in [5.41, 5.74) is 0.965. The fraction of sp³-hybridized carbons (Fsp3) is 0.500. The number of nitrogens with zero attached hydrogens (tertiary/aromatic N) is 1. The topological polar surface area (TPSA) is 40.6 Å². The van der Waals surface area contributed by atoms with Gasteiger partial charge in [0.1, 0.15) is 12.4 Å². The molecule has 14 heavy (non-hydrogen) atoms. The Morgan fingerprint density at radius 3 is 2.50 bits per heavy atom. The molecule has 0 spiro atoms. The smallest absolute Gasteiger partial charge is 0.191 e. The Morgan fingerprint density at radius 1 is 1.29 bits per heavy atom. The quantitative estimate of drug-likeness (QED) is 0.669. The SMILES string of the molecule is COC(COc1ccc(C)nc1)OC. The van der Waals surface area contributed by atoms with Gasteiger partial charge in [0, 0.05) is 19.9 Å². The number of hydrogen-bond acceptors (Lipinski definition) is 4. The summed E-state index contributed by atoms with van der Waals surface area (Å²) < 4.78 is 15.3. The van der Waals surface area contributed by atoms with Crippen LogP contribution in [0.5, 0.6) is 5.75 Å². The largest absolute Gasteiger partial charge is 0.487 e. The maximum atomic E-state index is 5.39. The van der Waals surface area contributed by atoms with Crippen LogP contribution in [0.4, 0.5) is 0 Å². The van der Waals surface area contributed by atoms with Gasteiger partial charge in [0.2, 0.25) is 0 Å². The number of aryl methyl sites for hydroxylation is 1. The van der Waals surface area contributed by atoms with Gasteiger partial charge in [-0.3, -0.25) is 4.98 Å². The number of rotatable bonds is 5. The Bertz CT molecular complexity index is 257. The van der Waals surface area contributed by atoms with Gasteiger partial charge in [0.05, 0.1) is 6.20 Å². The summed E-state index contributed by atoms with van der Waals surface area (Å²) in [5, 5.41) is 0. The molecule has 1 aromatic heterocycles. The van der Waals surface area contributed by atoms with E-state index >= 15 is 0 Å². The van der Waals surface area contributed by atoms with Gasteiger partial charge in [0.25, 0.3) is 0 Å². The van der Waals surface area contributed by atoms with E-state index in [0.29, 0.717) is 6.61 Å². The molecule has 0 fully saturated rings. The molecule has 0 unspecified atom stereocenters. The van der Waals surface area contributed by atoms with E-state index in [1.807, 2.05) is 19.1 Å². The van der Waals surface area contributed by atoms with E-state index < -0.39 is 0 Å². The van der Waals surface area contributed by atoms with E-state index in [2.05, 4.69) is 4.98 Å². The van der Waals surface area contributed by atoms with Crippen LogP contribution in [0.1, 0.15) is 5.69 Å². The van der Waals surface area contributed by atoms with Gasteiger partial charge in [-0.05, 0) is 19.1 Å². The second-order valence-electron chi connectivity index (χ2n) is 2.85. The fourth-order valence-corrected chi connectivity index (χ4v) is 0.936. The molecule has 78 valence electrons. The highest BCUT2D eigenvalue weighted by Crippen LogP contribution is 2.09. The van der Waals surface area contributed by atoms with Gasteiger partial charge in [0.15, 0.2) is 6.29 Å². The van der Waals surface area contributed by atoms with Crippen LogP contribution in [0.2, 0.25) is 0 Å². The molecule has 4 heteroatoms. The zero-order valence-electron chi connectivity index (χ0n) is 8.69. The zero-order valence-corrected chi connectivity index (χ0v) is 8.69. The Balaban J connectivity index is 2.41. The van der Waals surface area contributed by atoms with Crippen LogP contribution >= 0.6 is 0 Å². The zero-order chi connectivity index (χ0) is 10.4. The third-order valence-corrected chi connectivity index (χ3v) is 1.80. The molecule has 0 aliphatic heterocycles. The molecule has 0 bridgehead atoms. The Hall–Kier alpha value is -1.13. The van der Waals surface area contributed by atoms with Crippen molar-refractivity contribution >= 4 is 0 Å². The molecule has 0 saturated carbocycles. The summed E-state index contributed by atoms with van der Waals surface area (Å²) in [7, 11) is 3.15.